The molecule has 13 nitrogen and oxygen atoms in total. The molecule has 0 aromatic carbocycles. The normalized spacial score (nSPS) is 38.4. The number of carbonyl (C=O) groups excluding carboxylic acids is 1. The van der Waals surface area contributed by atoms with Crippen LogP contribution in [0.5, 0.6) is 0 Å². The number of carbonyl (C=O) groups is 1. The van der Waals surface area contributed by atoms with Crippen LogP contribution < -0.4 is 11.1 Å². The Morgan fingerprint density at radius 2 is 1.70 bits per heavy atom. The lowest BCUT2D eigenvalue weighted by Crippen LogP contribution is -2.47. The Kier molecular flexibility index (Phi) is 10.2. The SMILES string of the molecule is COC1C(O[PH](=O)OC[C@H]2O[C@@H](C)C(OC)[C@H]2O)[C@@H](CO[PH](C)=O)O[C@H]1NC(N)=O. The largest absolute Gasteiger partial charge is 0.387 e. The summed E-state index contributed by atoms with van der Waals surface area (Å²) in [5, 5.41) is 12.5. The lowest BCUT2D eigenvalue weighted by atomic mass is 10.1. The molecule has 2 aliphatic rings. The Morgan fingerprint density at radius 3 is 2.23 bits per heavy atom. The predicted octanol–water partition coefficient (Wildman–Crippen LogP) is -0.530. The number of aliphatic hydroxyl groups is 1. The maximum absolute atomic E-state index is 12.4. The Bertz CT molecular complexity index is 627. The van der Waals surface area contributed by atoms with Gasteiger partial charge in [-0.1, -0.05) is 0 Å². The van der Waals surface area contributed by atoms with Gasteiger partial charge in [-0.25, -0.2) is 4.79 Å². The summed E-state index contributed by atoms with van der Waals surface area (Å²) in [4.78, 5) is 11.2. The highest BCUT2D eigenvalue weighted by Crippen LogP contribution is 2.36. The van der Waals surface area contributed by atoms with E-state index in [4.69, 9.17) is 38.3 Å². The van der Waals surface area contributed by atoms with E-state index < -0.39 is 65.2 Å². The van der Waals surface area contributed by atoms with E-state index in [-0.39, 0.29) is 19.3 Å². The van der Waals surface area contributed by atoms with Gasteiger partial charge in [0.25, 0.3) is 0 Å². The van der Waals surface area contributed by atoms with Crippen LogP contribution in [0.2, 0.25) is 0 Å². The van der Waals surface area contributed by atoms with Gasteiger partial charge in [-0.3, -0.25) is 9.13 Å². The zero-order chi connectivity index (χ0) is 22.4. The third-order valence-electron chi connectivity index (χ3n) is 4.76. The first-order valence-electron chi connectivity index (χ1n) is 9.25. The lowest BCUT2D eigenvalue weighted by Gasteiger charge is -2.23. The summed E-state index contributed by atoms with van der Waals surface area (Å²) in [6.45, 7) is 2.80. The molecule has 2 aliphatic heterocycles. The van der Waals surface area contributed by atoms with Crippen molar-refractivity contribution >= 4 is 22.3 Å². The highest BCUT2D eigenvalue weighted by atomic mass is 31.1. The molecule has 0 radical (unpaired) electrons. The molecule has 2 saturated heterocycles. The minimum Gasteiger partial charge on any atom is -0.387 e. The van der Waals surface area contributed by atoms with Crippen LogP contribution in [0.25, 0.3) is 0 Å². The molecule has 30 heavy (non-hydrogen) atoms. The smallest absolute Gasteiger partial charge is 0.319 e. The number of ether oxygens (including phenoxy) is 4. The maximum Gasteiger partial charge on any atom is 0.319 e. The fourth-order valence-corrected chi connectivity index (χ4v) is 4.68. The number of nitrogens with one attached hydrogen (secondary N) is 1. The molecule has 0 saturated carbocycles. The van der Waals surface area contributed by atoms with E-state index >= 15 is 0 Å². The van der Waals surface area contributed by atoms with Crippen LogP contribution in [0, 0.1) is 0 Å². The maximum atomic E-state index is 12.4. The number of hydrogen-bond donors (Lipinski definition) is 3. The van der Waals surface area contributed by atoms with Crippen molar-refractivity contribution in [3.8, 4) is 0 Å². The van der Waals surface area contributed by atoms with Crippen LogP contribution in [0.4, 0.5) is 4.79 Å². The van der Waals surface area contributed by atoms with Gasteiger partial charge in [0, 0.05) is 20.9 Å². The van der Waals surface area contributed by atoms with Gasteiger partial charge in [-0.15, -0.1) is 0 Å². The van der Waals surface area contributed by atoms with Gasteiger partial charge in [0.05, 0.1) is 19.3 Å². The molecule has 0 aromatic heterocycles. The van der Waals surface area contributed by atoms with Crippen LogP contribution in [-0.2, 0) is 41.6 Å². The first kappa shape index (κ1) is 25.7. The second kappa shape index (κ2) is 11.9. The Morgan fingerprint density at radius 1 is 1.07 bits per heavy atom. The summed E-state index contributed by atoms with van der Waals surface area (Å²) < 4.78 is 61.2. The molecule has 2 heterocycles. The summed E-state index contributed by atoms with van der Waals surface area (Å²) in [6, 6.07) is -0.857. The van der Waals surface area contributed by atoms with Crippen molar-refractivity contribution in [3.63, 3.8) is 0 Å². The van der Waals surface area contributed by atoms with E-state index in [0.717, 1.165) is 0 Å². The average molecular weight is 476 g/mol. The van der Waals surface area contributed by atoms with Crippen molar-refractivity contribution < 1.29 is 51.5 Å². The van der Waals surface area contributed by atoms with Crippen LogP contribution in [0.3, 0.4) is 0 Å². The summed E-state index contributed by atoms with van der Waals surface area (Å²) in [7, 11) is -2.57. The van der Waals surface area contributed by atoms with E-state index in [9.17, 15) is 19.0 Å². The second-order valence-corrected chi connectivity index (χ2v) is 9.12. The molecule has 2 amide bonds. The molecule has 4 N–H and O–H groups in total. The topological polar surface area (TPSA) is 174 Å². The summed E-state index contributed by atoms with van der Waals surface area (Å²) in [5.41, 5.74) is 5.14. The monoisotopic (exact) mass is 476 g/mol. The highest BCUT2D eigenvalue weighted by molar-refractivity contribution is 7.38. The molecule has 0 aromatic rings. The molecule has 0 bridgehead atoms. The Hall–Kier alpha value is -0.590. The van der Waals surface area contributed by atoms with Crippen molar-refractivity contribution in [2.45, 2.75) is 55.9 Å². The van der Waals surface area contributed by atoms with E-state index in [1.807, 2.05) is 0 Å². The summed E-state index contributed by atoms with van der Waals surface area (Å²) in [6.07, 6.45) is -6.28. The van der Waals surface area contributed by atoms with Gasteiger partial charge >= 0.3 is 14.3 Å². The molecule has 2 rings (SSSR count). The lowest BCUT2D eigenvalue weighted by molar-refractivity contribution is -0.0262. The van der Waals surface area contributed by atoms with Gasteiger partial charge in [-0.05, 0) is 6.92 Å². The fraction of sp³-hybridized carbons (Fsp3) is 0.933. The molecule has 2 fully saturated rings. The van der Waals surface area contributed by atoms with Gasteiger partial charge < -0.3 is 48.7 Å². The van der Waals surface area contributed by atoms with Crippen molar-refractivity contribution in [1.82, 2.24) is 5.32 Å². The third-order valence-corrected chi connectivity index (χ3v) is 6.20. The number of amides is 2. The van der Waals surface area contributed by atoms with Crippen LogP contribution in [0.15, 0.2) is 0 Å². The minimum atomic E-state index is -3.10. The van der Waals surface area contributed by atoms with Gasteiger partial charge in [0.15, 0.2) is 14.3 Å². The zero-order valence-corrected chi connectivity index (χ0v) is 19.1. The van der Waals surface area contributed by atoms with Crippen LogP contribution in [-0.4, -0.2) is 94.2 Å². The molecule has 15 heteroatoms. The van der Waals surface area contributed by atoms with Crippen molar-refractivity contribution in [1.29, 1.82) is 0 Å². The zero-order valence-electron chi connectivity index (χ0n) is 17.1. The molecular formula is C15H30N2O11P2. The van der Waals surface area contributed by atoms with E-state index in [2.05, 4.69) is 5.32 Å². The van der Waals surface area contributed by atoms with Crippen LogP contribution >= 0.6 is 16.3 Å². The first-order valence-corrected chi connectivity index (χ1v) is 12.3. The number of rotatable bonds is 11. The average Bonchev–Trinajstić information content (AvgIpc) is 3.13. The van der Waals surface area contributed by atoms with Gasteiger partial charge in [-0.2, -0.15) is 0 Å². The van der Waals surface area contributed by atoms with Crippen molar-refractivity contribution in [2.75, 3.05) is 34.1 Å². The van der Waals surface area contributed by atoms with Gasteiger partial charge in [0.1, 0.15) is 36.6 Å². The van der Waals surface area contributed by atoms with Crippen molar-refractivity contribution in [2.24, 2.45) is 5.73 Å². The quantitative estimate of drug-likeness (QED) is 0.327. The fourth-order valence-electron chi connectivity index (χ4n) is 3.40. The minimum absolute atomic E-state index is 0.150. The molecule has 5 unspecified atom stereocenters. The molecule has 10 atom stereocenters. The number of aliphatic hydroxyl groups excluding tert-OH is 1. The highest BCUT2D eigenvalue weighted by Gasteiger charge is 2.48. The van der Waals surface area contributed by atoms with E-state index in [1.54, 1.807) is 6.92 Å². The Labute approximate surface area is 175 Å². The first-order chi connectivity index (χ1) is 14.2. The Balaban J connectivity index is 1.98. The molecule has 0 spiro atoms. The van der Waals surface area contributed by atoms with E-state index in [1.165, 1.54) is 20.9 Å². The number of urea groups is 1. The summed E-state index contributed by atoms with van der Waals surface area (Å²) >= 11 is 0. The number of hydrogen-bond acceptors (Lipinski definition) is 11. The summed E-state index contributed by atoms with van der Waals surface area (Å²) in [5.74, 6) is 0. The predicted molar refractivity (Wildman–Crippen MR) is 104 cm³/mol. The third kappa shape index (κ3) is 6.70. The number of nitrogens with two attached hydrogens (primary N) is 1. The number of methoxy groups -OCH3 is 2. The molecular weight excluding hydrogens is 446 g/mol. The van der Waals surface area contributed by atoms with Gasteiger partial charge in [0.2, 0.25) is 0 Å². The molecule has 176 valence electrons. The number of primary amides is 1. The standard InChI is InChI=1S/C15H30N2O11P2/c1-7-11(22-2)10(18)8(26-7)5-25-30(21)28-12-9(6-24-29(4)20)27-14(13(12)23-3)17-15(16)19/h7-14,18,29-30H,5-6H2,1-4H3,(H3,16,17,19)/t7-,8+,9+,10-,11?,12?,13?,14+/m0/s1. The van der Waals surface area contributed by atoms with Crippen molar-refractivity contribution in [3.05, 3.63) is 0 Å². The van der Waals surface area contributed by atoms with E-state index in [0.29, 0.717) is 0 Å². The van der Waals surface area contributed by atoms with Crippen LogP contribution in [0.1, 0.15) is 6.92 Å². The second-order valence-electron chi connectivity index (χ2n) is 6.82. The molecule has 0 aliphatic carbocycles.